The number of carbonyl (C=O) groups excluding carboxylic acids is 2. The standard InChI is InChI=1S/C29H26BrN3O4S/c1-38(36,37)27-10-6-5-9-25(27)21-11-15-23(16-12-21)31-28(34)26(19-20-7-3-2-4-8-20)33-29(35)32-24-17-13-22(30)14-18-24/h2-18,26H,19H2,1H3,(H,31,34)(H2,32,33,35). The van der Waals surface area contributed by atoms with Gasteiger partial charge in [-0.1, -0.05) is 76.6 Å². The first-order valence-electron chi connectivity index (χ1n) is 11.8. The average molecular weight is 593 g/mol. The zero-order chi connectivity index (χ0) is 27.1. The Labute approximate surface area is 230 Å². The first-order chi connectivity index (χ1) is 18.2. The summed E-state index contributed by atoms with van der Waals surface area (Å²) in [5.41, 5.74) is 3.29. The molecule has 4 aromatic carbocycles. The van der Waals surface area contributed by atoms with Gasteiger partial charge in [0.05, 0.1) is 4.90 Å². The Morgan fingerprint density at radius 2 is 1.34 bits per heavy atom. The Morgan fingerprint density at radius 3 is 2.00 bits per heavy atom. The van der Waals surface area contributed by atoms with Crippen molar-refractivity contribution < 1.29 is 18.0 Å². The van der Waals surface area contributed by atoms with E-state index in [1.54, 1.807) is 60.7 Å². The fraction of sp³-hybridized carbons (Fsp3) is 0.103. The van der Waals surface area contributed by atoms with Crippen LogP contribution in [0.2, 0.25) is 0 Å². The fourth-order valence-electron chi connectivity index (χ4n) is 3.91. The monoisotopic (exact) mass is 591 g/mol. The molecule has 1 atom stereocenters. The molecule has 0 radical (unpaired) electrons. The summed E-state index contributed by atoms with van der Waals surface area (Å²) < 4.78 is 25.3. The molecule has 1 unspecified atom stereocenters. The molecule has 0 fully saturated rings. The zero-order valence-corrected chi connectivity index (χ0v) is 22.9. The lowest BCUT2D eigenvalue weighted by Crippen LogP contribution is -2.46. The molecule has 0 saturated carbocycles. The Morgan fingerprint density at radius 1 is 0.763 bits per heavy atom. The first kappa shape index (κ1) is 27.1. The van der Waals surface area contributed by atoms with E-state index in [0.717, 1.165) is 10.0 Å². The van der Waals surface area contributed by atoms with Crippen LogP contribution in [0.25, 0.3) is 11.1 Å². The van der Waals surface area contributed by atoms with E-state index in [2.05, 4.69) is 31.9 Å². The summed E-state index contributed by atoms with van der Waals surface area (Å²) in [6.45, 7) is 0. The number of sulfone groups is 1. The number of hydrogen-bond donors (Lipinski definition) is 3. The third kappa shape index (κ3) is 7.30. The van der Waals surface area contributed by atoms with Crippen molar-refractivity contribution in [1.29, 1.82) is 0 Å². The lowest BCUT2D eigenvalue weighted by molar-refractivity contribution is -0.117. The van der Waals surface area contributed by atoms with E-state index in [4.69, 9.17) is 0 Å². The Kier molecular flexibility index (Phi) is 8.60. The first-order valence-corrected chi connectivity index (χ1v) is 14.4. The Balaban J connectivity index is 1.50. The third-order valence-corrected chi connectivity index (χ3v) is 7.44. The third-order valence-electron chi connectivity index (χ3n) is 5.76. The Bertz CT molecular complexity index is 1520. The molecule has 3 N–H and O–H groups in total. The molecule has 7 nitrogen and oxygen atoms in total. The van der Waals surface area contributed by atoms with Crippen LogP contribution in [0.1, 0.15) is 5.56 Å². The van der Waals surface area contributed by atoms with E-state index in [1.165, 1.54) is 6.26 Å². The maximum Gasteiger partial charge on any atom is 0.319 e. The highest BCUT2D eigenvalue weighted by atomic mass is 79.9. The number of halogens is 1. The molecule has 0 heterocycles. The minimum Gasteiger partial charge on any atom is -0.326 e. The number of hydrogen-bond acceptors (Lipinski definition) is 4. The van der Waals surface area contributed by atoms with E-state index >= 15 is 0 Å². The number of benzene rings is 4. The van der Waals surface area contributed by atoms with Crippen molar-refractivity contribution in [1.82, 2.24) is 5.32 Å². The predicted octanol–water partition coefficient (Wildman–Crippen LogP) is 5.89. The molecule has 0 aliphatic carbocycles. The molecule has 4 aromatic rings. The van der Waals surface area contributed by atoms with E-state index in [9.17, 15) is 18.0 Å². The van der Waals surface area contributed by atoms with E-state index < -0.39 is 21.9 Å². The van der Waals surface area contributed by atoms with Crippen LogP contribution in [0.5, 0.6) is 0 Å². The van der Waals surface area contributed by atoms with E-state index in [1.807, 2.05) is 42.5 Å². The van der Waals surface area contributed by atoms with Crippen molar-refractivity contribution in [2.24, 2.45) is 0 Å². The van der Waals surface area contributed by atoms with Crippen molar-refractivity contribution in [2.75, 3.05) is 16.9 Å². The predicted molar refractivity (Wildman–Crippen MR) is 154 cm³/mol. The molecule has 0 aromatic heterocycles. The molecular formula is C29H26BrN3O4S. The van der Waals surface area contributed by atoms with Crippen molar-refractivity contribution in [3.63, 3.8) is 0 Å². The van der Waals surface area contributed by atoms with E-state index in [0.29, 0.717) is 28.9 Å². The normalized spacial score (nSPS) is 11.8. The lowest BCUT2D eigenvalue weighted by atomic mass is 10.0. The summed E-state index contributed by atoms with van der Waals surface area (Å²) in [5, 5.41) is 8.37. The smallest absolute Gasteiger partial charge is 0.319 e. The van der Waals surface area contributed by atoms with Crippen LogP contribution < -0.4 is 16.0 Å². The minimum absolute atomic E-state index is 0.237. The van der Waals surface area contributed by atoms with Gasteiger partial charge in [-0.15, -0.1) is 0 Å². The van der Waals surface area contributed by atoms with Crippen LogP contribution in [-0.2, 0) is 21.1 Å². The molecule has 0 bridgehead atoms. The van der Waals surface area contributed by atoms with Gasteiger partial charge >= 0.3 is 6.03 Å². The molecular weight excluding hydrogens is 566 g/mol. The highest BCUT2D eigenvalue weighted by Crippen LogP contribution is 2.28. The Hall–Kier alpha value is -3.95. The van der Waals surface area contributed by atoms with Gasteiger partial charge in [-0.2, -0.15) is 0 Å². The van der Waals surface area contributed by atoms with Gasteiger partial charge in [0.1, 0.15) is 6.04 Å². The van der Waals surface area contributed by atoms with Gasteiger partial charge in [0.15, 0.2) is 9.84 Å². The second kappa shape index (κ2) is 12.1. The molecule has 9 heteroatoms. The zero-order valence-electron chi connectivity index (χ0n) is 20.5. The number of nitrogens with one attached hydrogen (secondary N) is 3. The SMILES string of the molecule is CS(=O)(=O)c1ccccc1-c1ccc(NC(=O)C(Cc2ccccc2)NC(=O)Nc2ccc(Br)cc2)cc1. The van der Waals surface area contributed by atoms with Gasteiger partial charge in [-0.25, -0.2) is 13.2 Å². The lowest BCUT2D eigenvalue weighted by Gasteiger charge is -2.19. The van der Waals surface area contributed by atoms with Gasteiger partial charge in [-0.05, 0) is 53.6 Å². The molecule has 0 aliphatic rings. The van der Waals surface area contributed by atoms with Crippen LogP contribution in [0.15, 0.2) is 112 Å². The van der Waals surface area contributed by atoms with Gasteiger partial charge in [0.2, 0.25) is 5.91 Å². The number of urea groups is 1. The highest BCUT2D eigenvalue weighted by molar-refractivity contribution is 9.10. The van der Waals surface area contributed by atoms with Crippen molar-refractivity contribution in [2.45, 2.75) is 17.4 Å². The largest absolute Gasteiger partial charge is 0.326 e. The summed E-state index contributed by atoms with van der Waals surface area (Å²) in [4.78, 5) is 26.2. The number of carbonyl (C=O) groups is 2. The molecule has 4 rings (SSSR count). The van der Waals surface area contributed by atoms with Crippen molar-refractivity contribution >= 4 is 49.1 Å². The molecule has 0 spiro atoms. The van der Waals surface area contributed by atoms with Gasteiger partial charge in [0.25, 0.3) is 0 Å². The number of anilines is 2. The summed E-state index contributed by atoms with van der Waals surface area (Å²) in [5.74, 6) is -0.385. The van der Waals surface area contributed by atoms with Crippen molar-refractivity contribution in [3.8, 4) is 11.1 Å². The summed E-state index contributed by atoms with van der Waals surface area (Å²) in [6, 6.07) is 28.9. The van der Waals surface area contributed by atoms with Crippen LogP contribution in [0.4, 0.5) is 16.2 Å². The molecule has 0 aliphatic heterocycles. The quantitative estimate of drug-likeness (QED) is 0.237. The second-order valence-electron chi connectivity index (χ2n) is 8.68. The van der Waals surface area contributed by atoms with Crippen LogP contribution in [-0.4, -0.2) is 32.7 Å². The number of amides is 3. The van der Waals surface area contributed by atoms with Crippen LogP contribution in [0, 0.1) is 0 Å². The minimum atomic E-state index is -3.41. The molecule has 38 heavy (non-hydrogen) atoms. The summed E-state index contributed by atoms with van der Waals surface area (Å²) >= 11 is 3.36. The van der Waals surface area contributed by atoms with Gasteiger partial charge in [0, 0.05) is 34.1 Å². The number of rotatable bonds is 8. The maximum absolute atomic E-state index is 13.3. The topological polar surface area (TPSA) is 104 Å². The van der Waals surface area contributed by atoms with E-state index in [-0.39, 0.29) is 10.8 Å². The van der Waals surface area contributed by atoms with Gasteiger partial charge in [-0.3, -0.25) is 4.79 Å². The second-order valence-corrected chi connectivity index (χ2v) is 11.6. The summed E-state index contributed by atoms with van der Waals surface area (Å²) in [7, 11) is -3.41. The maximum atomic E-state index is 13.3. The van der Waals surface area contributed by atoms with Gasteiger partial charge < -0.3 is 16.0 Å². The molecule has 0 saturated heterocycles. The highest BCUT2D eigenvalue weighted by Gasteiger charge is 2.22. The van der Waals surface area contributed by atoms with Crippen LogP contribution >= 0.6 is 15.9 Å². The summed E-state index contributed by atoms with van der Waals surface area (Å²) in [6.07, 6.45) is 1.47. The average Bonchev–Trinajstić information content (AvgIpc) is 2.90. The fourth-order valence-corrected chi connectivity index (χ4v) is 5.08. The van der Waals surface area contributed by atoms with Crippen molar-refractivity contribution in [3.05, 3.63) is 113 Å². The molecule has 194 valence electrons. The molecule has 3 amide bonds. The van der Waals surface area contributed by atoms with Crippen LogP contribution in [0.3, 0.4) is 0 Å².